The van der Waals surface area contributed by atoms with Gasteiger partial charge >= 0.3 is 6.03 Å². The molecule has 1 saturated carbocycles. The van der Waals surface area contributed by atoms with Crippen molar-refractivity contribution in [1.29, 1.82) is 0 Å². The highest BCUT2D eigenvalue weighted by molar-refractivity contribution is 6.42. The first kappa shape index (κ1) is 24.7. The van der Waals surface area contributed by atoms with Gasteiger partial charge in [0.05, 0.1) is 21.2 Å². The molecule has 2 amide bonds. The molecule has 3 N–H and O–H groups in total. The molecule has 1 aliphatic carbocycles. The average molecular weight is 521 g/mol. The van der Waals surface area contributed by atoms with E-state index in [1.165, 1.54) is 0 Å². The lowest BCUT2D eigenvalue weighted by Gasteiger charge is -2.30. The van der Waals surface area contributed by atoms with Crippen LogP contribution in [-0.2, 0) is 0 Å². The zero-order valence-corrected chi connectivity index (χ0v) is 21.4. The van der Waals surface area contributed by atoms with E-state index in [1.807, 2.05) is 18.2 Å². The van der Waals surface area contributed by atoms with Crippen molar-refractivity contribution in [2.75, 3.05) is 36.2 Å². The standard InChI is InChI=1S/C25H28Cl3N5O/c1-33(2)22-13-23(31-21-6-4-3-5-18(21)22)30-17-9-7-15(8-10-17)14-29-25(34)32-24-19(27)11-16(26)12-20(24)28/h3-6,11-13,15,17H,7-10,14H2,1-2H3,(H,30,31)(H2,29,32,34). The van der Waals surface area contributed by atoms with Crippen molar-refractivity contribution in [3.8, 4) is 0 Å². The topological polar surface area (TPSA) is 69.3 Å². The number of hydrogen-bond acceptors (Lipinski definition) is 4. The molecule has 4 rings (SSSR count). The Balaban J connectivity index is 1.28. The number of rotatable bonds is 6. The highest BCUT2D eigenvalue weighted by Crippen LogP contribution is 2.34. The van der Waals surface area contributed by atoms with E-state index in [-0.39, 0.29) is 6.03 Å². The second-order valence-electron chi connectivity index (χ2n) is 8.88. The number of halogens is 3. The zero-order chi connectivity index (χ0) is 24.2. The van der Waals surface area contributed by atoms with Crippen molar-refractivity contribution >= 4 is 68.9 Å². The Bertz CT molecular complexity index is 1160. The molecule has 1 aliphatic rings. The molecule has 1 heterocycles. The number of anilines is 3. The maximum atomic E-state index is 12.3. The summed E-state index contributed by atoms with van der Waals surface area (Å²) in [7, 11) is 4.10. The number of fused-ring (bicyclic) bond motifs is 1. The van der Waals surface area contributed by atoms with Gasteiger partial charge < -0.3 is 20.9 Å². The molecule has 3 aromatic rings. The largest absolute Gasteiger partial charge is 0.377 e. The van der Waals surface area contributed by atoms with Gasteiger partial charge in [-0.15, -0.1) is 0 Å². The number of para-hydroxylation sites is 1. The second-order valence-corrected chi connectivity index (χ2v) is 10.1. The molecule has 0 aliphatic heterocycles. The Morgan fingerprint density at radius 2 is 1.71 bits per heavy atom. The quantitative estimate of drug-likeness (QED) is 0.326. The number of benzene rings is 2. The summed E-state index contributed by atoms with van der Waals surface area (Å²) in [5.74, 6) is 1.32. The Morgan fingerprint density at radius 1 is 1.03 bits per heavy atom. The van der Waals surface area contributed by atoms with Gasteiger partial charge in [-0.2, -0.15) is 0 Å². The van der Waals surface area contributed by atoms with Crippen LogP contribution in [0.15, 0.2) is 42.5 Å². The molecule has 0 saturated heterocycles. The summed E-state index contributed by atoms with van der Waals surface area (Å²) < 4.78 is 0. The Labute approximate surface area is 215 Å². The van der Waals surface area contributed by atoms with Gasteiger partial charge in [-0.05, 0) is 49.8 Å². The molecule has 0 bridgehead atoms. The number of pyridine rings is 1. The summed E-state index contributed by atoms with van der Waals surface area (Å²) in [5, 5.41) is 11.5. The number of hydrogen-bond donors (Lipinski definition) is 3. The van der Waals surface area contributed by atoms with E-state index in [0.29, 0.717) is 39.3 Å². The second kappa shape index (κ2) is 10.9. The molecule has 6 nitrogen and oxygen atoms in total. The van der Waals surface area contributed by atoms with E-state index in [2.05, 4.69) is 47.1 Å². The first-order chi connectivity index (χ1) is 16.3. The van der Waals surface area contributed by atoms with Gasteiger partial charge in [-0.25, -0.2) is 9.78 Å². The number of carbonyl (C=O) groups excluding carboxylic acids is 1. The van der Waals surface area contributed by atoms with Crippen molar-refractivity contribution in [2.24, 2.45) is 5.92 Å². The maximum Gasteiger partial charge on any atom is 0.319 e. The molecule has 9 heteroatoms. The fraction of sp³-hybridized carbons (Fsp3) is 0.360. The summed E-state index contributed by atoms with van der Waals surface area (Å²) in [4.78, 5) is 19.3. The summed E-state index contributed by atoms with van der Waals surface area (Å²) in [6.45, 7) is 0.598. The van der Waals surface area contributed by atoms with Gasteiger partial charge in [0, 0.05) is 48.8 Å². The minimum absolute atomic E-state index is 0.305. The van der Waals surface area contributed by atoms with E-state index >= 15 is 0 Å². The fourth-order valence-electron chi connectivity index (χ4n) is 4.38. The number of nitrogens with one attached hydrogen (secondary N) is 3. The predicted octanol–water partition coefficient (Wildman–Crippen LogP) is 7.05. The van der Waals surface area contributed by atoms with Gasteiger partial charge in [-0.3, -0.25) is 0 Å². The summed E-state index contributed by atoms with van der Waals surface area (Å²) in [6.07, 6.45) is 4.09. The van der Waals surface area contributed by atoms with Crippen LogP contribution < -0.4 is 20.9 Å². The first-order valence-electron chi connectivity index (χ1n) is 11.3. The van der Waals surface area contributed by atoms with E-state index in [4.69, 9.17) is 39.8 Å². The van der Waals surface area contributed by atoms with Crippen LogP contribution in [-0.4, -0.2) is 37.7 Å². The van der Waals surface area contributed by atoms with Crippen LogP contribution in [0.25, 0.3) is 10.9 Å². The Kier molecular flexibility index (Phi) is 7.91. The molecule has 0 atom stereocenters. The number of urea groups is 1. The number of nitrogens with zero attached hydrogens (tertiary/aromatic N) is 2. The Morgan fingerprint density at radius 3 is 2.38 bits per heavy atom. The number of amides is 2. The van der Waals surface area contributed by atoms with Gasteiger partial charge in [0.1, 0.15) is 5.82 Å². The summed E-state index contributed by atoms with van der Waals surface area (Å²) in [6, 6.07) is 13.4. The molecular weight excluding hydrogens is 493 g/mol. The van der Waals surface area contributed by atoms with Gasteiger partial charge in [-0.1, -0.05) is 53.0 Å². The molecule has 0 unspecified atom stereocenters. The van der Waals surface area contributed by atoms with Crippen LogP contribution in [0.2, 0.25) is 15.1 Å². The van der Waals surface area contributed by atoms with E-state index in [9.17, 15) is 4.79 Å². The van der Waals surface area contributed by atoms with Gasteiger partial charge in [0.25, 0.3) is 0 Å². The molecule has 2 aromatic carbocycles. The predicted molar refractivity (Wildman–Crippen MR) is 144 cm³/mol. The minimum Gasteiger partial charge on any atom is -0.377 e. The van der Waals surface area contributed by atoms with E-state index < -0.39 is 0 Å². The monoisotopic (exact) mass is 519 g/mol. The van der Waals surface area contributed by atoms with Crippen molar-refractivity contribution in [1.82, 2.24) is 10.3 Å². The van der Waals surface area contributed by atoms with Crippen LogP contribution in [0.4, 0.5) is 22.0 Å². The van der Waals surface area contributed by atoms with Crippen molar-refractivity contribution in [3.05, 3.63) is 57.5 Å². The lowest BCUT2D eigenvalue weighted by molar-refractivity contribution is 0.246. The third kappa shape index (κ3) is 5.98. The molecule has 1 aromatic heterocycles. The molecule has 1 fully saturated rings. The average Bonchev–Trinajstić information content (AvgIpc) is 2.80. The highest BCUT2D eigenvalue weighted by Gasteiger charge is 2.22. The molecular formula is C25H28Cl3N5O. The van der Waals surface area contributed by atoms with E-state index in [0.717, 1.165) is 48.1 Å². The van der Waals surface area contributed by atoms with Crippen LogP contribution in [0.1, 0.15) is 25.7 Å². The fourth-order valence-corrected chi connectivity index (χ4v) is 5.29. The van der Waals surface area contributed by atoms with Gasteiger partial charge in [0.15, 0.2) is 0 Å². The molecule has 34 heavy (non-hydrogen) atoms. The number of carbonyl (C=O) groups is 1. The minimum atomic E-state index is -0.331. The van der Waals surface area contributed by atoms with E-state index in [1.54, 1.807) is 12.1 Å². The van der Waals surface area contributed by atoms with Crippen molar-refractivity contribution < 1.29 is 4.79 Å². The SMILES string of the molecule is CN(C)c1cc(NC2CCC(CNC(=O)Nc3c(Cl)cc(Cl)cc3Cl)CC2)nc2ccccc12. The maximum absolute atomic E-state index is 12.3. The third-order valence-electron chi connectivity index (χ3n) is 6.17. The third-order valence-corrected chi connectivity index (χ3v) is 6.99. The first-order valence-corrected chi connectivity index (χ1v) is 12.5. The summed E-state index contributed by atoms with van der Waals surface area (Å²) >= 11 is 18.2. The van der Waals surface area contributed by atoms with Crippen LogP contribution in [0.5, 0.6) is 0 Å². The Hall–Kier alpha value is -2.41. The van der Waals surface area contributed by atoms with Crippen LogP contribution >= 0.6 is 34.8 Å². The molecule has 0 radical (unpaired) electrons. The van der Waals surface area contributed by atoms with Crippen molar-refractivity contribution in [2.45, 2.75) is 31.7 Å². The molecule has 0 spiro atoms. The smallest absolute Gasteiger partial charge is 0.319 e. The van der Waals surface area contributed by atoms with Gasteiger partial charge in [0.2, 0.25) is 0 Å². The highest BCUT2D eigenvalue weighted by atomic mass is 35.5. The number of aromatic nitrogens is 1. The zero-order valence-electron chi connectivity index (χ0n) is 19.2. The van der Waals surface area contributed by atoms with Crippen molar-refractivity contribution in [3.63, 3.8) is 0 Å². The lowest BCUT2D eigenvalue weighted by Crippen LogP contribution is -2.36. The van der Waals surface area contributed by atoms with Crippen LogP contribution in [0.3, 0.4) is 0 Å². The lowest BCUT2D eigenvalue weighted by atomic mass is 9.86. The summed E-state index contributed by atoms with van der Waals surface area (Å²) in [5.41, 5.74) is 2.50. The normalized spacial score (nSPS) is 17.9. The molecule has 180 valence electrons. The van der Waals surface area contributed by atoms with Crippen LogP contribution in [0, 0.1) is 5.92 Å².